The van der Waals surface area contributed by atoms with E-state index in [4.69, 9.17) is 9.47 Å². The number of hydrazone groups is 1. The first kappa shape index (κ1) is 18.5. The Kier molecular flexibility index (Phi) is 6.81. The average Bonchev–Trinajstić information content (AvgIpc) is 2.59. The van der Waals surface area contributed by atoms with Gasteiger partial charge in [0.1, 0.15) is 0 Å². The molecule has 126 valence electrons. The van der Waals surface area contributed by atoms with Gasteiger partial charge in [-0.05, 0) is 42.8 Å². The number of amides is 1. The summed E-state index contributed by atoms with van der Waals surface area (Å²) >= 11 is 6.73. The molecule has 0 spiro atoms. The summed E-state index contributed by atoms with van der Waals surface area (Å²) < 4.78 is 12.5. The standard InChI is InChI=1S/C17H16Br2N2O3/c1-11(12-3-5-13(18)6-4-12)20-21-17(22)10-24-15-8-7-14(19)9-16(15)23-2/h3-9H,10H2,1-2H3,(H,21,22)/b20-11-. The van der Waals surface area contributed by atoms with E-state index in [0.29, 0.717) is 17.2 Å². The summed E-state index contributed by atoms with van der Waals surface area (Å²) in [5, 5.41) is 4.08. The summed E-state index contributed by atoms with van der Waals surface area (Å²) in [5.41, 5.74) is 4.11. The van der Waals surface area contributed by atoms with Gasteiger partial charge in [-0.15, -0.1) is 0 Å². The first-order chi connectivity index (χ1) is 11.5. The molecule has 0 bridgehead atoms. The normalized spacial score (nSPS) is 11.1. The van der Waals surface area contributed by atoms with Crippen molar-refractivity contribution in [1.82, 2.24) is 5.43 Å². The molecule has 0 heterocycles. The lowest BCUT2D eigenvalue weighted by molar-refractivity contribution is -0.123. The molecule has 0 radical (unpaired) electrons. The summed E-state index contributed by atoms with van der Waals surface area (Å²) in [6.45, 7) is 1.66. The van der Waals surface area contributed by atoms with Crippen molar-refractivity contribution in [2.75, 3.05) is 13.7 Å². The van der Waals surface area contributed by atoms with Crippen molar-refractivity contribution in [3.8, 4) is 11.5 Å². The van der Waals surface area contributed by atoms with Gasteiger partial charge in [-0.3, -0.25) is 4.79 Å². The molecule has 0 aromatic heterocycles. The fraction of sp³-hybridized carbons (Fsp3) is 0.176. The summed E-state index contributed by atoms with van der Waals surface area (Å²) in [7, 11) is 1.54. The molecule has 7 heteroatoms. The highest BCUT2D eigenvalue weighted by Crippen LogP contribution is 2.30. The zero-order chi connectivity index (χ0) is 17.5. The van der Waals surface area contributed by atoms with Crippen LogP contribution in [0.1, 0.15) is 12.5 Å². The molecule has 5 nitrogen and oxygen atoms in total. The summed E-state index contributed by atoms with van der Waals surface area (Å²) in [6, 6.07) is 13.0. The number of carbonyl (C=O) groups is 1. The molecule has 0 aliphatic carbocycles. The molecule has 1 N–H and O–H groups in total. The number of hydrogen-bond acceptors (Lipinski definition) is 4. The van der Waals surface area contributed by atoms with Crippen molar-refractivity contribution in [2.24, 2.45) is 5.10 Å². The highest BCUT2D eigenvalue weighted by molar-refractivity contribution is 9.10. The van der Waals surface area contributed by atoms with Crippen LogP contribution in [0.3, 0.4) is 0 Å². The molecule has 0 saturated heterocycles. The lowest BCUT2D eigenvalue weighted by Gasteiger charge is -2.10. The van der Waals surface area contributed by atoms with Gasteiger partial charge < -0.3 is 9.47 Å². The van der Waals surface area contributed by atoms with Crippen LogP contribution in [0.5, 0.6) is 11.5 Å². The highest BCUT2D eigenvalue weighted by Gasteiger charge is 2.08. The zero-order valence-corrected chi connectivity index (χ0v) is 16.3. The molecule has 24 heavy (non-hydrogen) atoms. The molecule has 0 atom stereocenters. The summed E-state index contributed by atoms with van der Waals surface area (Å²) in [5.74, 6) is 0.688. The van der Waals surface area contributed by atoms with Crippen LogP contribution < -0.4 is 14.9 Å². The number of methoxy groups -OCH3 is 1. The van der Waals surface area contributed by atoms with Crippen LogP contribution in [0.4, 0.5) is 0 Å². The SMILES string of the molecule is COc1cc(Br)ccc1OCC(=O)N/N=C(/C)c1ccc(Br)cc1. The van der Waals surface area contributed by atoms with Crippen LogP contribution in [0, 0.1) is 0 Å². The third-order valence-corrected chi connectivity index (χ3v) is 4.12. The van der Waals surface area contributed by atoms with Crippen molar-refractivity contribution in [3.63, 3.8) is 0 Å². The van der Waals surface area contributed by atoms with Gasteiger partial charge in [-0.1, -0.05) is 44.0 Å². The molecule has 0 fully saturated rings. The van der Waals surface area contributed by atoms with Crippen molar-refractivity contribution in [1.29, 1.82) is 0 Å². The maximum absolute atomic E-state index is 11.9. The summed E-state index contributed by atoms with van der Waals surface area (Å²) in [4.78, 5) is 11.9. The number of halogens is 2. The minimum absolute atomic E-state index is 0.158. The maximum atomic E-state index is 11.9. The molecule has 0 aliphatic heterocycles. The average molecular weight is 456 g/mol. The first-order valence-corrected chi connectivity index (χ1v) is 8.63. The number of nitrogens with zero attached hydrogens (tertiary/aromatic N) is 1. The lowest BCUT2D eigenvalue weighted by Crippen LogP contribution is -2.25. The number of carbonyl (C=O) groups excluding carboxylic acids is 1. The predicted octanol–water partition coefficient (Wildman–Crippen LogP) is 4.14. The Bertz CT molecular complexity index is 746. The second-order valence-corrected chi connectivity index (χ2v) is 6.65. The first-order valence-electron chi connectivity index (χ1n) is 7.05. The molecule has 0 aliphatic rings. The molecule has 2 aromatic rings. The van der Waals surface area contributed by atoms with Gasteiger partial charge in [0.05, 0.1) is 12.8 Å². The van der Waals surface area contributed by atoms with E-state index >= 15 is 0 Å². The van der Waals surface area contributed by atoms with Gasteiger partial charge in [-0.25, -0.2) is 5.43 Å². The molecule has 0 unspecified atom stereocenters. The molecule has 0 saturated carbocycles. The number of nitrogens with one attached hydrogen (secondary N) is 1. The molecule has 2 rings (SSSR count). The molecule has 1 amide bonds. The molecular weight excluding hydrogens is 440 g/mol. The number of rotatable bonds is 6. The fourth-order valence-electron chi connectivity index (χ4n) is 1.84. The van der Waals surface area contributed by atoms with E-state index in [2.05, 4.69) is 42.4 Å². The Morgan fingerprint density at radius 3 is 2.42 bits per heavy atom. The Hall–Kier alpha value is -1.86. The molecule has 2 aromatic carbocycles. The van der Waals surface area contributed by atoms with E-state index in [1.54, 1.807) is 19.2 Å². The fourth-order valence-corrected chi connectivity index (χ4v) is 2.44. The van der Waals surface area contributed by atoms with Gasteiger partial charge in [0.15, 0.2) is 18.1 Å². The number of benzene rings is 2. The largest absolute Gasteiger partial charge is 0.493 e. The molecular formula is C17H16Br2N2O3. The second-order valence-electron chi connectivity index (χ2n) is 4.82. The van der Waals surface area contributed by atoms with Gasteiger partial charge in [0.25, 0.3) is 5.91 Å². The van der Waals surface area contributed by atoms with Crippen LogP contribution >= 0.6 is 31.9 Å². The van der Waals surface area contributed by atoms with Gasteiger partial charge in [0, 0.05) is 8.95 Å². The smallest absolute Gasteiger partial charge is 0.277 e. The Labute approximate surface area is 157 Å². The van der Waals surface area contributed by atoms with Gasteiger partial charge >= 0.3 is 0 Å². The van der Waals surface area contributed by atoms with E-state index in [0.717, 1.165) is 14.5 Å². The van der Waals surface area contributed by atoms with E-state index in [-0.39, 0.29) is 12.5 Å². The maximum Gasteiger partial charge on any atom is 0.277 e. The quantitative estimate of drug-likeness (QED) is 0.526. The Morgan fingerprint density at radius 2 is 1.75 bits per heavy atom. The van der Waals surface area contributed by atoms with Crippen molar-refractivity contribution in [3.05, 3.63) is 57.0 Å². The van der Waals surface area contributed by atoms with E-state index in [1.807, 2.05) is 37.3 Å². The van der Waals surface area contributed by atoms with Crippen molar-refractivity contribution < 1.29 is 14.3 Å². The predicted molar refractivity (Wildman–Crippen MR) is 101 cm³/mol. The monoisotopic (exact) mass is 454 g/mol. The Morgan fingerprint density at radius 1 is 1.08 bits per heavy atom. The lowest BCUT2D eigenvalue weighted by atomic mass is 10.1. The highest BCUT2D eigenvalue weighted by atomic mass is 79.9. The van der Waals surface area contributed by atoms with Crippen LogP contribution in [0.2, 0.25) is 0 Å². The third kappa shape index (κ3) is 5.35. The number of ether oxygens (including phenoxy) is 2. The minimum atomic E-state index is -0.351. The van der Waals surface area contributed by atoms with E-state index < -0.39 is 0 Å². The minimum Gasteiger partial charge on any atom is -0.493 e. The number of hydrogen-bond donors (Lipinski definition) is 1. The van der Waals surface area contributed by atoms with Gasteiger partial charge in [-0.2, -0.15) is 5.10 Å². The van der Waals surface area contributed by atoms with Crippen LogP contribution in [0.25, 0.3) is 0 Å². The van der Waals surface area contributed by atoms with E-state index in [1.165, 1.54) is 0 Å². The van der Waals surface area contributed by atoms with Crippen molar-refractivity contribution in [2.45, 2.75) is 6.92 Å². The van der Waals surface area contributed by atoms with Crippen molar-refractivity contribution >= 4 is 43.5 Å². The zero-order valence-electron chi connectivity index (χ0n) is 13.2. The van der Waals surface area contributed by atoms with E-state index in [9.17, 15) is 4.79 Å². The second kappa shape index (κ2) is 8.84. The Balaban J connectivity index is 1.91. The van der Waals surface area contributed by atoms with Crippen LogP contribution in [-0.4, -0.2) is 25.3 Å². The topological polar surface area (TPSA) is 59.9 Å². The third-order valence-electron chi connectivity index (χ3n) is 3.09. The van der Waals surface area contributed by atoms with Crippen LogP contribution in [-0.2, 0) is 4.79 Å². The van der Waals surface area contributed by atoms with Crippen LogP contribution in [0.15, 0.2) is 56.5 Å². The van der Waals surface area contributed by atoms with Gasteiger partial charge in [0.2, 0.25) is 0 Å². The summed E-state index contributed by atoms with van der Waals surface area (Å²) in [6.07, 6.45) is 0.